The summed E-state index contributed by atoms with van der Waals surface area (Å²) in [6, 6.07) is 3.86. The van der Waals surface area contributed by atoms with Crippen molar-refractivity contribution in [2.75, 3.05) is 11.9 Å². The summed E-state index contributed by atoms with van der Waals surface area (Å²) >= 11 is 4.88. The quantitative estimate of drug-likeness (QED) is 0.743. The lowest BCUT2D eigenvalue weighted by atomic mass is 10.2. The molecule has 76 valence electrons. The first-order chi connectivity index (χ1) is 6.63. The first-order valence-electron chi connectivity index (χ1n) is 4.66. The van der Waals surface area contributed by atoms with Crippen LogP contribution in [0.2, 0.25) is 0 Å². The first-order valence-corrected chi connectivity index (χ1v) is 5.06. The fourth-order valence-electron chi connectivity index (χ4n) is 1.17. The minimum absolute atomic E-state index is 0.341. The van der Waals surface area contributed by atoms with Crippen LogP contribution in [0.5, 0.6) is 0 Å². The molecule has 4 heteroatoms. The summed E-state index contributed by atoms with van der Waals surface area (Å²) in [6.45, 7) is 4.99. The summed E-state index contributed by atoms with van der Waals surface area (Å²) in [6.07, 6.45) is 1.09. The Hall–Kier alpha value is -1.16. The van der Waals surface area contributed by atoms with Crippen LogP contribution in [-0.2, 0) is 0 Å². The van der Waals surface area contributed by atoms with Crippen molar-refractivity contribution in [2.24, 2.45) is 5.73 Å². The van der Waals surface area contributed by atoms with E-state index in [4.69, 9.17) is 18.0 Å². The molecule has 1 aromatic rings. The predicted molar refractivity (Wildman–Crippen MR) is 63.6 cm³/mol. The molecule has 0 aliphatic heterocycles. The van der Waals surface area contributed by atoms with Crippen molar-refractivity contribution < 1.29 is 0 Å². The molecular weight excluding hydrogens is 194 g/mol. The molecule has 0 aliphatic rings. The van der Waals surface area contributed by atoms with Crippen molar-refractivity contribution in [1.82, 2.24) is 4.98 Å². The van der Waals surface area contributed by atoms with Crippen molar-refractivity contribution in [3.8, 4) is 0 Å². The Kier molecular flexibility index (Phi) is 3.83. The van der Waals surface area contributed by atoms with Gasteiger partial charge in [-0.3, -0.25) is 4.98 Å². The highest BCUT2D eigenvalue weighted by molar-refractivity contribution is 7.80. The second-order valence-electron chi connectivity index (χ2n) is 3.17. The predicted octanol–water partition coefficient (Wildman–Crippen LogP) is 1.85. The van der Waals surface area contributed by atoms with Gasteiger partial charge in [0.05, 0.1) is 5.69 Å². The zero-order chi connectivity index (χ0) is 10.6. The third kappa shape index (κ3) is 2.96. The molecule has 0 fully saturated rings. The number of aromatic nitrogens is 1. The Bertz CT molecular complexity index is 336. The van der Waals surface area contributed by atoms with Gasteiger partial charge in [-0.15, -0.1) is 0 Å². The molecule has 1 rings (SSSR count). The van der Waals surface area contributed by atoms with Gasteiger partial charge >= 0.3 is 0 Å². The molecule has 0 spiro atoms. The summed E-state index contributed by atoms with van der Waals surface area (Å²) in [4.78, 5) is 4.58. The largest absolute Gasteiger partial charge is 0.388 e. The van der Waals surface area contributed by atoms with Crippen molar-refractivity contribution in [1.29, 1.82) is 0 Å². The zero-order valence-electron chi connectivity index (χ0n) is 8.50. The lowest BCUT2D eigenvalue weighted by Gasteiger charge is -2.07. The minimum Gasteiger partial charge on any atom is -0.388 e. The molecule has 0 aromatic carbocycles. The van der Waals surface area contributed by atoms with E-state index in [0.29, 0.717) is 10.7 Å². The molecule has 0 atom stereocenters. The molecule has 3 N–H and O–H groups in total. The smallest absolute Gasteiger partial charge is 0.122 e. The molecule has 0 unspecified atom stereocenters. The van der Waals surface area contributed by atoms with E-state index < -0.39 is 0 Å². The van der Waals surface area contributed by atoms with Crippen LogP contribution in [0.15, 0.2) is 12.1 Å². The van der Waals surface area contributed by atoms with Crippen LogP contribution >= 0.6 is 12.2 Å². The summed E-state index contributed by atoms with van der Waals surface area (Å²) in [5.74, 6) is 0. The lowest BCUT2D eigenvalue weighted by molar-refractivity contribution is 0.977. The second-order valence-corrected chi connectivity index (χ2v) is 3.61. The fraction of sp³-hybridized carbons (Fsp3) is 0.400. The van der Waals surface area contributed by atoms with E-state index >= 15 is 0 Å². The van der Waals surface area contributed by atoms with Gasteiger partial charge in [-0.05, 0) is 25.5 Å². The van der Waals surface area contributed by atoms with Crippen molar-refractivity contribution in [2.45, 2.75) is 20.3 Å². The standard InChI is InChI=1S/C10H15N3S/c1-3-4-12-8-5-7(2)13-9(6-8)10(11)14/h5-6H,3-4H2,1-2H3,(H2,11,14)(H,12,13). The van der Waals surface area contributed by atoms with Gasteiger partial charge in [0.25, 0.3) is 0 Å². The van der Waals surface area contributed by atoms with Crippen LogP contribution in [0, 0.1) is 6.92 Å². The van der Waals surface area contributed by atoms with Crippen LogP contribution in [-0.4, -0.2) is 16.5 Å². The lowest BCUT2D eigenvalue weighted by Crippen LogP contribution is -2.13. The number of aryl methyl sites for hydroxylation is 1. The molecule has 14 heavy (non-hydrogen) atoms. The molecule has 0 amide bonds. The average Bonchev–Trinajstić information content (AvgIpc) is 2.14. The topological polar surface area (TPSA) is 50.9 Å². The summed E-state index contributed by atoms with van der Waals surface area (Å²) in [5, 5.41) is 3.28. The van der Waals surface area contributed by atoms with Gasteiger partial charge in [-0.25, -0.2) is 0 Å². The zero-order valence-corrected chi connectivity index (χ0v) is 9.32. The molecule has 1 heterocycles. The molecule has 3 nitrogen and oxygen atoms in total. The van der Waals surface area contributed by atoms with Crippen molar-refractivity contribution in [3.05, 3.63) is 23.5 Å². The van der Waals surface area contributed by atoms with Gasteiger partial charge in [0.1, 0.15) is 4.99 Å². The van der Waals surface area contributed by atoms with Gasteiger partial charge in [-0.1, -0.05) is 19.1 Å². The highest BCUT2D eigenvalue weighted by Crippen LogP contribution is 2.11. The Balaban J connectivity index is 2.89. The van der Waals surface area contributed by atoms with Gasteiger partial charge in [-0.2, -0.15) is 0 Å². The van der Waals surface area contributed by atoms with Crippen LogP contribution in [0.25, 0.3) is 0 Å². The number of nitrogens with two attached hydrogens (primary N) is 1. The highest BCUT2D eigenvalue weighted by atomic mass is 32.1. The van der Waals surface area contributed by atoms with Gasteiger partial charge in [0.15, 0.2) is 0 Å². The van der Waals surface area contributed by atoms with E-state index in [-0.39, 0.29) is 0 Å². The molecule has 0 aliphatic carbocycles. The third-order valence-corrected chi connectivity index (χ3v) is 1.99. The van der Waals surface area contributed by atoms with E-state index in [9.17, 15) is 0 Å². The van der Waals surface area contributed by atoms with E-state index in [1.807, 2.05) is 19.1 Å². The fourth-order valence-corrected chi connectivity index (χ4v) is 1.27. The SMILES string of the molecule is CCCNc1cc(C)nc(C(N)=S)c1. The van der Waals surface area contributed by atoms with E-state index in [1.165, 1.54) is 0 Å². The van der Waals surface area contributed by atoms with E-state index in [2.05, 4.69) is 17.2 Å². The monoisotopic (exact) mass is 209 g/mol. The molecule has 1 aromatic heterocycles. The minimum atomic E-state index is 0.341. The average molecular weight is 209 g/mol. The number of pyridine rings is 1. The molecule has 0 saturated carbocycles. The van der Waals surface area contributed by atoms with Crippen LogP contribution in [0.3, 0.4) is 0 Å². The van der Waals surface area contributed by atoms with Crippen molar-refractivity contribution >= 4 is 22.9 Å². The number of anilines is 1. The number of thiocarbonyl (C=S) groups is 1. The normalized spacial score (nSPS) is 9.86. The summed E-state index contributed by atoms with van der Waals surface area (Å²) in [7, 11) is 0. The maximum Gasteiger partial charge on any atom is 0.122 e. The molecular formula is C10H15N3S. The van der Waals surface area contributed by atoms with Gasteiger partial charge in [0, 0.05) is 17.9 Å². The van der Waals surface area contributed by atoms with Crippen molar-refractivity contribution in [3.63, 3.8) is 0 Å². The number of nitrogens with zero attached hydrogens (tertiary/aromatic N) is 1. The second kappa shape index (κ2) is 4.91. The molecule has 0 radical (unpaired) electrons. The number of nitrogens with one attached hydrogen (secondary N) is 1. The van der Waals surface area contributed by atoms with Gasteiger partial charge in [0.2, 0.25) is 0 Å². The Morgan fingerprint density at radius 3 is 2.86 bits per heavy atom. The Morgan fingerprint density at radius 2 is 2.29 bits per heavy atom. The first kappa shape index (κ1) is 10.9. The highest BCUT2D eigenvalue weighted by Gasteiger charge is 2.01. The molecule has 0 bridgehead atoms. The number of rotatable bonds is 4. The third-order valence-electron chi connectivity index (χ3n) is 1.78. The number of hydrogen-bond acceptors (Lipinski definition) is 3. The Labute approximate surface area is 89.7 Å². The maximum atomic E-state index is 5.52. The summed E-state index contributed by atoms with van der Waals surface area (Å²) in [5.41, 5.74) is 8.16. The maximum absolute atomic E-state index is 5.52. The van der Waals surface area contributed by atoms with Gasteiger partial charge < -0.3 is 11.1 Å². The van der Waals surface area contributed by atoms with Crippen LogP contribution in [0.1, 0.15) is 24.7 Å². The Morgan fingerprint density at radius 1 is 1.57 bits per heavy atom. The molecule has 0 saturated heterocycles. The van der Waals surface area contributed by atoms with Crippen LogP contribution in [0.4, 0.5) is 5.69 Å². The van der Waals surface area contributed by atoms with E-state index in [0.717, 1.165) is 24.3 Å². The summed E-state index contributed by atoms with van der Waals surface area (Å²) < 4.78 is 0. The number of hydrogen-bond donors (Lipinski definition) is 2. The van der Waals surface area contributed by atoms with E-state index in [1.54, 1.807) is 0 Å². The van der Waals surface area contributed by atoms with Crippen LogP contribution < -0.4 is 11.1 Å².